The fraction of sp³-hybridized carbons (Fsp3) is 0.200. The average Bonchev–Trinajstić information content (AvgIpc) is 2.27. The van der Waals surface area contributed by atoms with Crippen LogP contribution in [0, 0.1) is 5.82 Å². The maximum Gasteiger partial charge on any atom is 0.177 e. The number of rotatable bonds is 4. The average molecular weight is 275 g/mol. The maximum atomic E-state index is 13.5. The summed E-state index contributed by atoms with van der Waals surface area (Å²) >= 11 is 2.98. The van der Waals surface area contributed by atoms with Gasteiger partial charge < -0.3 is 4.74 Å². The number of methoxy groups -OCH3 is 1. The van der Waals surface area contributed by atoms with Gasteiger partial charge in [-0.2, -0.15) is 0 Å². The Bertz CT molecular complexity index is 404. The molecule has 0 aromatic heterocycles. The van der Waals surface area contributed by atoms with Crippen molar-refractivity contribution in [3.8, 4) is 5.75 Å². The SMILES string of the molecule is COc1c(C(=O)CBr)ccc(C=O)c1F. The molecule has 5 heteroatoms. The first-order valence-electron chi connectivity index (χ1n) is 4.06. The van der Waals surface area contributed by atoms with E-state index in [1.54, 1.807) is 0 Å². The number of Topliss-reactive ketones (excluding diaryl/α,β-unsaturated/α-hetero) is 1. The molecule has 0 saturated carbocycles. The summed E-state index contributed by atoms with van der Waals surface area (Å²) < 4.78 is 18.3. The smallest absolute Gasteiger partial charge is 0.177 e. The molecular weight excluding hydrogens is 267 g/mol. The molecular formula is C10H8BrFO3. The Morgan fingerprint density at radius 3 is 2.73 bits per heavy atom. The zero-order valence-corrected chi connectivity index (χ0v) is 9.51. The van der Waals surface area contributed by atoms with E-state index in [1.165, 1.54) is 19.2 Å². The summed E-state index contributed by atoms with van der Waals surface area (Å²) in [7, 11) is 1.25. The molecule has 15 heavy (non-hydrogen) atoms. The molecule has 0 saturated heterocycles. The lowest BCUT2D eigenvalue weighted by atomic mass is 10.1. The zero-order valence-electron chi connectivity index (χ0n) is 7.92. The second kappa shape index (κ2) is 5.02. The lowest BCUT2D eigenvalue weighted by molar-refractivity contribution is 0.101. The van der Waals surface area contributed by atoms with Crippen molar-refractivity contribution >= 4 is 28.0 Å². The van der Waals surface area contributed by atoms with Crippen LogP contribution in [0.5, 0.6) is 5.75 Å². The minimum atomic E-state index is -0.806. The minimum absolute atomic E-state index is 0.0727. The first-order valence-corrected chi connectivity index (χ1v) is 5.18. The van der Waals surface area contributed by atoms with Gasteiger partial charge in [-0.25, -0.2) is 4.39 Å². The number of ketones is 1. The molecule has 0 amide bonds. The number of aldehydes is 1. The fourth-order valence-corrected chi connectivity index (χ4v) is 1.46. The lowest BCUT2D eigenvalue weighted by Gasteiger charge is -2.08. The number of ether oxygens (including phenoxy) is 1. The molecule has 0 heterocycles. The number of carbonyl (C=O) groups is 2. The van der Waals surface area contributed by atoms with E-state index in [9.17, 15) is 14.0 Å². The van der Waals surface area contributed by atoms with Crippen molar-refractivity contribution in [1.82, 2.24) is 0 Å². The van der Waals surface area contributed by atoms with Crippen LogP contribution in [0.1, 0.15) is 20.7 Å². The van der Waals surface area contributed by atoms with Crippen LogP contribution in [0.25, 0.3) is 0 Å². The van der Waals surface area contributed by atoms with E-state index in [0.29, 0.717) is 6.29 Å². The van der Waals surface area contributed by atoms with E-state index in [1.807, 2.05) is 0 Å². The zero-order chi connectivity index (χ0) is 11.4. The molecule has 0 bridgehead atoms. The van der Waals surface area contributed by atoms with E-state index in [2.05, 4.69) is 15.9 Å². The molecule has 1 aromatic rings. The van der Waals surface area contributed by atoms with Crippen molar-refractivity contribution in [3.63, 3.8) is 0 Å². The Morgan fingerprint density at radius 1 is 1.60 bits per heavy atom. The number of hydrogen-bond donors (Lipinski definition) is 0. The van der Waals surface area contributed by atoms with Gasteiger partial charge >= 0.3 is 0 Å². The summed E-state index contributed by atoms with van der Waals surface area (Å²) in [5, 5.41) is 0.0727. The predicted octanol–water partition coefficient (Wildman–Crippen LogP) is 2.22. The number of alkyl halides is 1. The number of benzene rings is 1. The van der Waals surface area contributed by atoms with Crippen molar-refractivity contribution in [2.24, 2.45) is 0 Å². The highest BCUT2D eigenvalue weighted by atomic mass is 79.9. The van der Waals surface area contributed by atoms with Crippen LogP contribution in [0.4, 0.5) is 4.39 Å². The van der Waals surface area contributed by atoms with Crippen molar-refractivity contribution < 1.29 is 18.7 Å². The molecule has 0 fully saturated rings. The molecule has 1 aromatic carbocycles. The fourth-order valence-electron chi connectivity index (χ4n) is 1.15. The number of carbonyl (C=O) groups excluding carboxylic acids is 2. The van der Waals surface area contributed by atoms with Crippen molar-refractivity contribution in [2.75, 3.05) is 12.4 Å². The molecule has 3 nitrogen and oxygen atoms in total. The van der Waals surface area contributed by atoms with Gasteiger partial charge in [-0.05, 0) is 12.1 Å². The Hall–Kier alpha value is -1.23. The van der Waals surface area contributed by atoms with Gasteiger partial charge in [0.2, 0.25) is 0 Å². The second-order valence-electron chi connectivity index (χ2n) is 2.72. The summed E-state index contributed by atoms with van der Waals surface area (Å²) in [4.78, 5) is 21.8. The third-order valence-corrected chi connectivity index (χ3v) is 2.39. The highest BCUT2D eigenvalue weighted by Gasteiger charge is 2.17. The number of halogens is 2. The molecule has 0 N–H and O–H groups in total. The van der Waals surface area contributed by atoms with Crippen LogP contribution in [-0.2, 0) is 0 Å². The van der Waals surface area contributed by atoms with Crippen LogP contribution >= 0.6 is 15.9 Å². The van der Waals surface area contributed by atoms with E-state index in [4.69, 9.17) is 4.74 Å². The van der Waals surface area contributed by atoms with Gasteiger partial charge in [-0.3, -0.25) is 9.59 Å². The third kappa shape index (κ3) is 2.23. The van der Waals surface area contributed by atoms with E-state index in [-0.39, 0.29) is 28.0 Å². The monoisotopic (exact) mass is 274 g/mol. The van der Waals surface area contributed by atoms with Gasteiger partial charge in [0.05, 0.1) is 23.6 Å². The quantitative estimate of drug-likeness (QED) is 0.480. The third-order valence-electron chi connectivity index (χ3n) is 1.88. The largest absolute Gasteiger partial charge is 0.493 e. The van der Waals surface area contributed by atoms with Crippen molar-refractivity contribution in [1.29, 1.82) is 0 Å². The van der Waals surface area contributed by atoms with Crippen molar-refractivity contribution in [3.05, 3.63) is 29.1 Å². The Labute approximate surface area is 94.4 Å². The summed E-state index contributed by atoms with van der Waals surface area (Å²) in [6, 6.07) is 2.62. The highest BCUT2D eigenvalue weighted by Crippen LogP contribution is 2.25. The molecule has 0 aliphatic carbocycles. The summed E-state index contributed by atoms with van der Waals surface area (Å²) in [6.45, 7) is 0. The van der Waals surface area contributed by atoms with Crippen LogP contribution in [-0.4, -0.2) is 24.5 Å². The summed E-state index contributed by atoms with van der Waals surface area (Å²) in [6.07, 6.45) is 0.375. The molecule has 0 atom stereocenters. The molecule has 0 aliphatic rings. The van der Waals surface area contributed by atoms with Crippen LogP contribution < -0.4 is 4.74 Å². The molecule has 80 valence electrons. The minimum Gasteiger partial charge on any atom is -0.493 e. The van der Waals surface area contributed by atoms with Gasteiger partial charge in [0.15, 0.2) is 23.6 Å². The first-order chi connectivity index (χ1) is 7.15. The van der Waals surface area contributed by atoms with Gasteiger partial charge in [-0.15, -0.1) is 0 Å². The molecule has 0 unspecified atom stereocenters. The molecule has 0 aliphatic heterocycles. The van der Waals surface area contributed by atoms with Crippen molar-refractivity contribution in [2.45, 2.75) is 0 Å². The Balaban J connectivity index is 3.36. The summed E-state index contributed by atoms with van der Waals surface area (Å²) in [5.74, 6) is -1.30. The van der Waals surface area contributed by atoms with Gasteiger partial charge in [0.25, 0.3) is 0 Å². The van der Waals surface area contributed by atoms with E-state index >= 15 is 0 Å². The molecule has 0 spiro atoms. The molecule has 1 rings (SSSR count). The lowest BCUT2D eigenvalue weighted by Crippen LogP contribution is -2.06. The van der Waals surface area contributed by atoms with Gasteiger partial charge in [0.1, 0.15) is 0 Å². The van der Waals surface area contributed by atoms with Crippen LogP contribution in [0.15, 0.2) is 12.1 Å². The molecule has 0 radical (unpaired) electrons. The maximum absolute atomic E-state index is 13.5. The second-order valence-corrected chi connectivity index (χ2v) is 3.28. The highest BCUT2D eigenvalue weighted by molar-refractivity contribution is 9.09. The normalized spacial score (nSPS) is 9.80. The summed E-state index contributed by atoms with van der Waals surface area (Å²) in [5.41, 5.74) is -0.00422. The Morgan fingerprint density at radius 2 is 2.27 bits per heavy atom. The van der Waals surface area contributed by atoms with E-state index < -0.39 is 5.82 Å². The first kappa shape index (κ1) is 11.8. The Kier molecular flexibility index (Phi) is 3.96. The van der Waals surface area contributed by atoms with Gasteiger partial charge in [-0.1, -0.05) is 15.9 Å². The predicted molar refractivity (Wildman–Crippen MR) is 56.5 cm³/mol. The van der Waals surface area contributed by atoms with Crippen LogP contribution in [0.2, 0.25) is 0 Å². The number of hydrogen-bond acceptors (Lipinski definition) is 3. The van der Waals surface area contributed by atoms with E-state index in [0.717, 1.165) is 0 Å². The standard InChI is InChI=1S/C10H8BrFO3/c1-15-10-7(8(14)4-11)3-2-6(5-13)9(10)12/h2-3,5H,4H2,1H3. The topological polar surface area (TPSA) is 43.4 Å². The van der Waals surface area contributed by atoms with Crippen LogP contribution in [0.3, 0.4) is 0 Å². The van der Waals surface area contributed by atoms with Gasteiger partial charge in [0, 0.05) is 0 Å².